The molecule has 0 amide bonds. The largest absolute Gasteiger partial charge is 0.478 e. The van der Waals surface area contributed by atoms with Gasteiger partial charge < -0.3 is 9.84 Å². The summed E-state index contributed by atoms with van der Waals surface area (Å²) in [5.41, 5.74) is -0.781. The van der Waals surface area contributed by atoms with Crippen LogP contribution in [-0.2, 0) is 0 Å². The second-order valence-corrected chi connectivity index (χ2v) is 4.71. The minimum atomic E-state index is -1.34. The first-order valence-corrected chi connectivity index (χ1v) is 6.29. The van der Waals surface area contributed by atoms with Gasteiger partial charge in [0.1, 0.15) is 11.3 Å². The average Bonchev–Trinajstić information content (AvgIpc) is 2.42. The van der Waals surface area contributed by atoms with Crippen LogP contribution in [0.2, 0.25) is 10.0 Å². The first kappa shape index (κ1) is 15.1. The van der Waals surface area contributed by atoms with Gasteiger partial charge in [0, 0.05) is 12.1 Å². The van der Waals surface area contributed by atoms with E-state index < -0.39 is 16.6 Å². The summed E-state index contributed by atoms with van der Waals surface area (Å²) >= 11 is 11.6. The van der Waals surface area contributed by atoms with Gasteiger partial charge in [0.25, 0.3) is 0 Å². The smallest absolute Gasteiger partial charge is 0.339 e. The van der Waals surface area contributed by atoms with Gasteiger partial charge in [-0.15, -0.1) is 0 Å². The lowest BCUT2D eigenvalue weighted by Gasteiger charge is -2.09. The van der Waals surface area contributed by atoms with E-state index in [2.05, 4.69) is 0 Å². The molecule has 0 atom stereocenters. The summed E-state index contributed by atoms with van der Waals surface area (Å²) in [4.78, 5) is 21.4. The number of aromatic carboxylic acids is 1. The number of halogens is 2. The Labute approximate surface area is 128 Å². The van der Waals surface area contributed by atoms with Crippen LogP contribution in [0.15, 0.2) is 36.4 Å². The van der Waals surface area contributed by atoms with Crippen molar-refractivity contribution < 1.29 is 19.6 Å². The zero-order chi connectivity index (χ0) is 15.6. The van der Waals surface area contributed by atoms with Gasteiger partial charge in [0.2, 0.25) is 5.75 Å². The summed E-state index contributed by atoms with van der Waals surface area (Å²) in [5.74, 6) is -1.57. The molecular formula is C13H7Cl2NO5. The molecule has 0 spiro atoms. The van der Waals surface area contributed by atoms with Gasteiger partial charge in [-0.05, 0) is 18.2 Å². The normalized spacial score (nSPS) is 10.2. The maximum atomic E-state index is 11.2. The van der Waals surface area contributed by atoms with E-state index in [1.165, 1.54) is 30.3 Å². The zero-order valence-electron chi connectivity index (χ0n) is 10.2. The van der Waals surface area contributed by atoms with Crippen LogP contribution in [0.1, 0.15) is 10.4 Å². The van der Waals surface area contributed by atoms with Crippen molar-refractivity contribution in [2.45, 2.75) is 0 Å². The number of nitro groups is 1. The molecule has 0 unspecified atom stereocenters. The Hall–Kier alpha value is -2.31. The van der Waals surface area contributed by atoms with Crippen molar-refractivity contribution in [3.8, 4) is 11.5 Å². The molecule has 2 rings (SSSR count). The summed E-state index contributed by atoms with van der Waals surface area (Å²) in [7, 11) is 0. The number of carbonyl (C=O) groups is 1. The number of para-hydroxylation sites is 1. The van der Waals surface area contributed by atoms with Crippen LogP contribution < -0.4 is 4.74 Å². The van der Waals surface area contributed by atoms with E-state index in [1.54, 1.807) is 0 Å². The second-order valence-electron chi connectivity index (χ2n) is 3.89. The molecule has 0 heterocycles. The number of benzene rings is 2. The van der Waals surface area contributed by atoms with Crippen molar-refractivity contribution in [1.82, 2.24) is 0 Å². The molecule has 0 fully saturated rings. The number of carboxylic acid groups (broad SMARTS) is 1. The highest BCUT2D eigenvalue weighted by molar-refractivity contribution is 6.42. The third-order valence-electron chi connectivity index (χ3n) is 2.53. The van der Waals surface area contributed by atoms with Gasteiger partial charge in [-0.2, -0.15) is 0 Å². The highest BCUT2D eigenvalue weighted by atomic mass is 35.5. The SMILES string of the molecule is O=C(O)c1cccc([N+](=O)[O-])c1Oc1ccc(Cl)c(Cl)c1. The number of hydrogen-bond acceptors (Lipinski definition) is 4. The molecule has 2 aromatic carbocycles. The van der Waals surface area contributed by atoms with Gasteiger partial charge in [-0.1, -0.05) is 29.3 Å². The van der Waals surface area contributed by atoms with Crippen molar-refractivity contribution in [2.24, 2.45) is 0 Å². The van der Waals surface area contributed by atoms with E-state index in [-0.39, 0.29) is 27.1 Å². The van der Waals surface area contributed by atoms with Crippen LogP contribution in [0.3, 0.4) is 0 Å². The van der Waals surface area contributed by atoms with Crippen LogP contribution >= 0.6 is 23.2 Å². The fraction of sp³-hybridized carbons (Fsp3) is 0. The number of nitrogens with zero attached hydrogens (tertiary/aromatic N) is 1. The molecule has 0 aliphatic carbocycles. The van der Waals surface area contributed by atoms with E-state index in [1.807, 2.05) is 0 Å². The van der Waals surface area contributed by atoms with Crippen LogP contribution in [0.25, 0.3) is 0 Å². The van der Waals surface area contributed by atoms with Gasteiger partial charge in [0.05, 0.1) is 15.0 Å². The lowest BCUT2D eigenvalue weighted by Crippen LogP contribution is -2.03. The molecule has 0 radical (unpaired) electrons. The van der Waals surface area contributed by atoms with Gasteiger partial charge in [-0.3, -0.25) is 10.1 Å². The molecule has 0 aliphatic rings. The Kier molecular flexibility index (Phi) is 4.30. The van der Waals surface area contributed by atoms with Crippen LogP contribution in [0, 0.1) is 10.1 Å². The van der Waals surface area contributed by atoms with Crippen molar-refractivity contribution in [3.05, 3.63) is 62.1 Å². The summed E-state index contributed by atoms with van der Waals surface area (Å²) in [6, 6.07) is 7.84. The Balaban J connectivity index is 2.53. The van der Waals surface area contributed by atoms with Gasteiger partial charge in [-0.25, -0.2) is 4.79 Å². The lowest BCUT2D eigenvalue weighted by molar-refractivity contribution is -0.385. The van der Waals surface area contributed by atoms with Crippen molar-refractivity contribution in [3.63, 3.8) is 0 Å². The summed E-state index contributed by atoms with van der Waals surface area (Å²) in [5, 5.41) is 20.6. The van der Waals surface area contributed by atoms with Gasteiger partial charge in [0.15, 0.2) is 0 Å². The highest BCUT2D eigenvalue weighted by Crippen LogP contribution is 2.36. The average molecular weight is 328 g/mol. The molecule has 2 aromatic rings. The monoisotopic (exact) mass is 327 g/mol. The Bertz CT molecular complexity index is 700. The quantitative estimate of drug-likeness (QED) is 0.664. The molecule has 0 aliphatic heterocycles. The number of ether oxygens (including phenoxy) is 1. The first-order valence-electron chi connectivity index (χ1n) is 5.53. The van der Waals surface area contributed by atoms with E-state index in [9.17, 15) is 14.9 Å². The molecule has 1 N–H and O–H groups in total. The molecule has 0 bridgehead atoms. The van der Waals surface area contributed by atoms with E-state index >= 15 is 0 Å². The first-order chi connectivity index (χ1) is 9.90. The topological polar surface area (TPSA) is 89.7 Å². The molecule has 108 valence electrons. The van der Waals surface area contributed by atoms with Crippen LogP contribution in [0.4, 0.5) is 5.69 Å². The minimum absolute atomic E-state index is 0.140. The summed E-state index contributed by atoms with van der Waals surface area (Å²) in [6.45, 7) is 0. The fourth-order valence-electron chi connectivity index (χ4n) is 1.60. The summed E-state index contributed by atoms with van der Waals surface area (Å²) < 4.78 is 5.33. The molecular weight excluding hydrogens is 321 g/mol. The van der Waals surface area contributed by atoms with Gasteiger partial charge >= 0.3 is 11.7 Å². The van der Waals surface area contributed by atoms with Crippen LogP contribution in [0.5, 0.6) is 11.5 Å². The molecule has 0 saturated carbocycles. The maximum Gasteiger partial charge on any atom is 0.339 e. The Morgan fingerprint density at radius 3 is 2.48 bits per heavy atom. The van der Waals surface area contributed by atoms with Crippen LogP contribution in [-0.4, -0.2) is 16.0 Å². The summed E-state index contributed by atoms with van der Waals surface area (Å²) in [6.07, 6.45) is 0. The minimum Gasteiger partial charge on any atom is -0.478 e. The second kappa shape index (κ2) is 5.99. The third kappa shape index (κ3) is 3.24. The van der Waals surface area contributed by atoms with Crippen molar-refractivity contribution in [2.75, 3.05) is 0 Å². The Morgan fingerprint density at radius 2 is 1.90 bits per heavy atom. The predicted molar refractivity (Wildman–Crippen MR) is 76.6 cm³/mol. The number of nitro benzene ring substituents is 1. The molecule has 0 aromatic heterocycles. The molecule has 0 saturated heterocycles. The van der Waals surface area contributed by atoms with E-state index in [0.29, 0.717) is 0 Å². The standard InChI is InChI=1S/C13H7Cl2NO5/c14-9-5-4-7(6-10(9)15)21-12-8(13(17)18)2-1-3-11(12)16(19)20/h1-6H,(H,17,18). The Morgan fingerprint density at radius 1 is 1.19 bits per heavy atom. The molecule has 21 heavy (non-hydrogen) atoms. The van der Waals surface area contributed by atoms with E-state index in [0.717, 1.165) is 6.07 Å². The highest BCUT2D eigenvalue weighted by Gasteiger charge is 2.23. The molecule has 6 nitrogen and oxygen atoms in total. The fourth-order valence-corrected chi connectivity index (χ4v) is 1.89. The van der Waals surface area contributed by atoms with Crippen molar-refractivity contribution in [1.29, 1.82) is 0 Å². The number of carboxylic acids is 1. The molecule has 8 heteroatoms. The van der Waals surface area contributed by atoms with Crippen molar-refractivity contribution >= 4 is 34.9 Å². The van der Waals surface area contributed by atoms with E-state index in [4.69, 9.17) is 33.0 Å². The lowest BCUT2D eigenvalue weighted by atomic mass is 10.1. The predicted octanol–water partition coefficient (Wildman–Crippen LogP) is 4.39. The number of rotatable bonds is 4. The third-order valence-corrected chi connectivity index (χ3v) is 3.27. The zero-order valence-corrected chi connectivity index (χ0v) is 11.8. The maximum absolute atomic E-state index is 11.2. The number of hydrogen-bond donors (Lipinski definition) is 1.